The summed E-state index contributed by atoms with van der Waals surface area (Å²) in [6.45, 7) is 7.66. The van der Waals surface area contributed by atoms with E-state index in [1.165, 1.54) is 0 Å². The van der Waals surface area contributed by atoms with Crippen molar-refractivity contribution in [1.29, 1.82) is 0 Å². The van der Waals surface area contributed by atoms with Gasteiger partial charge >= 0.3 is 0 Å². The SMILES string of the molecule is CCC(C)CNC(=O)CNC(=O)C(O)C(O)C(O)C(O)C(=O)NCC(=O)NCC(C)CC. The zero-order valence-electron chi connectivity index (χ0n) is 19.1. The van der Waals surface area contributed by atoms with Gasteiger partial charge in [-0.05, 0) is 11.8 Å². The second-order valence-corrected chi connectivity index (χ2v) is 7.94. The molecule has 12 nitrogen and oxygen atoms in total. The van der Waals surface area contributed by atoms with Crippen LogP contribution in [0.25, 0.3) is 0 Å². The van der Waals surface area contributed by atoms with E-state index in [1.807, 2.05) is 27.7 Å². The van der Waals surface area contributed by atoms with Crippen LogP contribution in [0.5, 0.6) is 0 Å². The molecular formula is C20H38N4O8. The summed E-state index contributed by atoms with van der Waals surface area (Å²) in [7, 11) is 0. The lowest BCUT2D eigenvalue weighted by Gasteiger charge is -2.25. The van der Waals surface area contributed by atoms with Gasteiger partial charge in [0.25, 0.3) is 11.8 Å². The van der Waals surface area contributed by atoms with Gasteiger partial charge in [0.05, 0.1) is 13.1 Å². The number of rotatable bonds is 15. The van der Waals surface area contributed by atoms with Crippen LogP contribution in [0.4, 0.5) is 0 Å². The predicted octanol–water partition coefficient (Wildman–Crippen LogP) is -3.01. The quantitative estimate of drug-likeness (QED) is 0.126. The first-order chi connectivity index (χ1) is 14.9. The second-order valence-electron chi connectivity index (χ2n) is 7.94. The molecule has 0 spiro atoms. The first-order valence-electron chi connectivity index (χ1n) is 10.7. The third-order valence-corrected chi connectivity index (χ3v) is 5.07. The molecule has 186 valence electrons. The van der Waals surface area contributed by atoms with Crippen LogP contribution in [-0.4, -0.2) is 94.6 Å². The molecule has 12 heteroatoms. The average Bonchev–Trinajstić information content (AvgIpc) is 2.80. The molecule has 0 aliphatic rings. The molecule has 0 aromatic carbocycles. The van der Waals surface area contributed by atoms with Gasteiger partial charge in [0.1, 0.15) is 12.2 Å². The van der Waals surface area contributed by atoms with Crippen molar-refractivity contribution in [3.8, 4) is 0 Å². The minimum atomic E-state index is -2.22. The van der Waals surface area contributed by atoms with E-state index in [2.05, 4.69) is 21.3 Å². The smallest absolute Gasteiger partial charge is 0.252 e. The van der Waals surface area contributed by atoms with E-state index in [4.69, 9.17) is 0 Å². The lowest BCUT2D eigenvalue weighted by Crippen LogP contribution is -2.55. The number of hydrogen-bond donors (Lipinski definition) is 8. The topological polar surface area (TPSA) is 197 Å². The highest BCUT2D eigenvalue weighted by atomic mass is 16.4. The van der Waals surface area contributed by atoms with Crippen molar-refractivity contribution in [2.75, 3.05) is 26.2 Å². The van der Waals surface area contributed by atoms with Gasteiger partial charge in [0.15, 0.2) is 12.2 Å². The summed E-state index contributed by atoms with van der Waals surface area (Å²) < 4.78 is 0. The summed E-state index contributed by atoms with van der Waals surface area (Å²) in [5, 5.41) is 48.9. The lowest BCUT2D eigenvalue weighted by atomic mass is 10.0. The molecule has 4 amide bonds. The van der Waals surface area contributed by atoms with Crippen molar-refractivity contribution >= 4 is 23.6 Å². The number of hydrogen-bond acceptors (Lipinski definition) is 8. The Kier molecular flexibility index (Phi) is 14.4. The Morgan fingerprint density at radius 2 is 0.938 bits per heavy atom. The Balaban J connectivity index is 4.49. The largest absolute Gasteiger partial charge is 0.387 e. The van der Waals surface area contributed by atoms with E-state index >= 15 is 0 Å². The molecule has 6 unspecified atom stereocenters. The van der Waals surface area contributed by atoms with Crippen molar-refractivity contribution in [1.82, 2.24) is 21.3 Å². The molecule has 0 aromatic rings. The minimum absolute atomic E-state index is 0.246. The Labute approximate surface area is 188 Å². The summed E-state index contributed by atoms with van der Waals surface area (Å²) in [5.74, 6) is -2.87. The zero-order valence-corrected chi connectivity index (χ0v) is 19.1. The molecule has 8 N–H and O–H groups in total. The molecule has 6 atom stereocenters. The average molecular weight is 463 g/mol. The van der Waals surface area contributed by atoms with Crippen molar-refractivity contribution in [3.05, 3.63) is 0 Å². The number of carbonyl (C=O) groups is 4. The van der Waals surface area contributed by atoms with Gasteiger partial charge in [-0.15, -0.1) is 0 Å². The number of amides is 4. The van der Waals surface area contributed by atoms with Crippen LogP contribution in [0.3, 0.4) is 0 Å². The van der Waals surface area contributed by atoms with Gasteiger partial charge in [-0.1, -0.05) is 40.5 Å². The first-order valence-corrected chi connectivity index (χ1v) is 10.7. The maximum atomic E-state index is 11.9. The molecule has 0 saturated carbocycles. The fourth-order valence-corrected chi connectivity index (χ4v) is 2.22. The van der Waals surface area contributed by atoms with Crippen LogP contribution >= 0.6 is 0 Å². The van der Waals surface area contributed by atoms with Gasteiger partial charge in [0, 0.05) is 13.1 Å². The Morgan fingerprint density at radius 1 is 0.625 bits per heavy atom. The van der Waals surface area contributed by atoms with Crippen LogP contribution in [0.2, 0.25) is 0 Å². The van der Waals surface area contributed by atoms with Crippen molar-refractivity contribution in [3.63, 3.8) is 0 Å². The van der Waals surface area contributed by atoms with Crippen LogP contribution in [0.1, 0.15) is 40.5 Å². The van der Waals surface area contributed by atoms with Crippen molar-refractivity contribution < 1.29 is 39.6 Å². The van der Waals surface area contributed by atoms with E-state index in [0.29, 0.717) is 13.1 Å². The van der Waals surface area contributed by atoms with Crippen LogP contribution in [0, 0.1) is 11.8 Å². The van der Waals surface area contributed by atoms with E-state index in [9.17, 15) is 39.6 Å². The summed E-state index contributed by atoms with van der Waals surface area (Å²) in [6.07, 6.45) is -7.17. The fourth-order valence-electron chi connectivity index (χ4n) is 2.22. The van der Waals surface area contributed by atoms with Crippen LogP contribution < -0.4 is 21.3 Å². The van der Waals surface area contributed by atoms with E-state index in [0.717, 1.165) is 12.8 Å². The molecule has 0 saturated heterocycles. The van der Waals surface area contributed by atoms with Crippen LogP contribution in [-0.2, 0) is 19.2 Å². The highest BCUT2D eigenvalue weighted by molar-refractivity contribution is 5.88. The zero-order chi connectivity index (χ0) is 24.8. The highest BCUT2D eigenvalue weighted by Gasteiger charge is 2.37. The van der Waals surface area contributed by atoms with Gasteiger partial charge in [-0.2, -0.15) is 0 Å². The monoisotopic (exact) mass is 462 g/mol. The van der Waals surface area contributed by atoms with Crippen molar-refractivity contribution in [2.45, 2.75) is 65.0 Å². The summed E-state index contributed by atoms with van der Waals surface area (Å²) in [6, 6.07) is 0. The van der Waals surface area contributed by atoms with E-state index in [1.54, 1.807) is 0 Å². The predicted molar refractivity (Wildman–Crippen MR) is 115 cm³/mol. The summed E-state index contributed by atoms with van der Waals surface area (Å²) >= 11 is 0. The number of aliphatic hydroxyl groups excluding tert-OH is 4. The molecule has 32 heavy (non-hydrogen) atoms. The fraction of sp³-hybridized carbons (Fsp3) is 0.800. The number of carbonyl (C=O) groups excluding carboxylic acids is 4. The normalized spacial score (nSPS) is 16.6. The standard InChI is InChI=1S/C20H38N4O8/c1-5-11(3)7-21-13(25)9-23-19(31)17(29)15(27)16(28)18(30)20(32)24-10-14(26)22-8-12(4)6-2/h11-12,15-18,27-30H,5-10H2,1-4H3,(H,21,25)(H,22,26)(H,23,31)(H,24,32). The molecule has 0 aliphatic heterocycles. The third-order valence-electron chi connectivity index (χ3n) is 5.07. The van der Waals surface area contributed by atoms with E-state index < -0.39 is 61.1 Å². The molecular weight excluding hydrogens is 424 g/mol. The van der Waals surface area contributed by atoms with Gasteiger partial charge in [-0.3, -0.25) is 19.2 Å². The first kappa shape index (κ1) is 29.7. The number of nitrogens with one attached hydrogen (secondary N) is 4. The Hall–Kier alpha value is -2.28. The molecule has 0 bridgehead atoms. The van der Waals surface area contributed by atoms with Gasteiger partial charge < -0.3 is 41.7 Å². The van der Waals surface area contributed by atoms with Gasteiger partial charge in [0.2, 0.25) is 11.8 Å². The van der Waals surface area contributed by atoms with Gasteiger partial charge in [-0.25, -0.2) is 0 Å². The minimum Gasteiger partial charge on any atom is -0.387 e. The third kappa shape index (κ3) is 11.4. The van der Waals surface area contributed by atoms with Crippen LogP contribution in [0.15, 0.2) is 0 Å². The molecule has 0 rings (SSSR count). The second kappa shape index (κ2) is 15.5. The maximum Gasteiger partial charge on any atom is 0.252 e. The molecule has 0 fully saturated rings. The Bertz CT molecular complexity index is 566. The maximum absolute atomic E-state index is 11.9. The number of aliphatic hydroxyl groups is 4. The van der Waals surface area contributed by atoms with E-state index in [-0.39, 0.29) is 11.8 Å². The molecule has 0 aromatic heterocycles. The van der Waals surface area contributed by atoms with Crippen molar-refractivity contribution in [2.24, 2.45) is 11.8 Å². The summed E-state index contributed by atoms with van der Waals surface area (Å²) in [4.78, 5) is 47.1. The highest BCUT2D eigenvalue weighted by Crippen LogP contribution is 2.06. The molecule has 0 radical (unpaired) electrons. The molecule has 0 heterocycles. The molecule has 0 aliphatic carbocycles. The Morgan fingerprint density at radius 3 is 1.22 bits per heavy atom. The lowest BCUT2D eigenvalue weighted by molar-refractivity contribution is -0.155. The summed E-state index contributed by atoms with van der Waals surface area (Å²) in [5.41, 5.74) is 0.